The number of nitrogens with two attached hydrogens (primary N) is 2. The summed E-state index contributed by atoms with van der Waals surface area (Å²) in [6, 6.07) is 1.81. The number of primary amides is 1. The molecule has 2 heterocycles. The van der Waals surface area contributed by atoms with Gasteiger partial charge in [0.25, 0.3) is 0 Å². The summed E-state index contributed by atoms with van der Waals surface area (Å²) in [4.78, 5) is 83.1. The van der Waals surface area contributed by atoms with Gasteiger partial charge in [-0.15, -0.1) is 0 Å². The Bertz CT molecular complexity index is 1440. The van der Waals surface area contributed by atoms with Crippen LogP contribution in [0.2, 0.25) is 0 Å². The number of aromatic nitrogens is 3. The van der Waals surface area contributed by atoms with E-state index in [0.29, 0.717) is 5.69 Å². The number of aliphatic carboxylic acids is 2. The number of carbonyl (C=O) groups is 6. The number of hydrogen-bond acceptors (Lipinski definition) is 8. The number of hydrogen-bond donors (Lipinski definition) is 9. The SMILES string of the molecule is NC(=O)CC(NC(=O)C(N)Cc1c[nH]c2ccccc12)C(=O)NC(Cc1cnc[nH]1)C(=O)NC(CCC(=O)O)C(=O)O. The second-order valence-corrected chi connectivity index (χ2v) is 9.58. The van der Waals surface area contributed by atoms with E-state index in [2.05, 4.69) is 30.9 Å². The van der Waals surface area contributed by atoms with Crippen molar-refractivity contribution >= 4 is 46.5 Å². The van der Waals surface area contributed by atoms with Gasteiger partial charge in [-0.05, 0) is 24.5 Å². The molecule has 0 radical (unpaired) electrons. The van der Waals surface area contributed by atoms with E-state index in [1.165, 1.54) is 12.5 Å². The zero-order valence-electron chi connectivity index (χ0n) is 22.3. The number of carboxylic acids is 2. The Hall–Kier alpha value is -5.25. The number of para-hydroxylation sites is 1. The van der Waals surface area contributed by atoms with E-state index in [9.17, 15) is 33.9 Å². The molecule has 0 saturated carbocycles. The van der Waals surface area contributed by atoms with Gasteiger partial charge in [0, 0.05) is 41.8 Å². The van der Waals surface area contributed by atoms with Crippen LogP contribution in [0.5, 0.6) is 0 Å². The molecule has 4 unspecified atom stereocenters. The number of H-pyrrole nitrogens is 2. The molecule has 1 aromatic carbocycles. The molecule has 4 amide bonds. The number of aromatic amines is 2. The van der Waals surface area contributed by atoms with Crippen molar-refractivity contribution in [1.82, 2.24) is 30.9 Å². The van der Waals surface area contributed by atoms with Crippen LogP contribution in [-0.4, -0.2) is 84.9 Å². The van der Waals surface area contributed by atoms with E-state index in [-0.39, 0.29) is 12.8 Å². The third-order valence-electron chi connectivity index (χ3n) is 6.36. The zero-order valence-corrected chi connectivity index (χ0v) is 22.3. The molecule has 0 aliphatic rings. The van der Waals surface area contributed by atoms with Gasteiger partial charge in [0.2, 0.25) is 23.6 Å². The molecule has 16 nitrogen and oxygen atoms in total. The fraction of sp³-hybridized carbons (Fsp3) is 0.346. The number of carboxylic acid groups (broad SMARTS) is 2. The molecule has 3 aromatic rings. The van der Waals surface area contributed by atoms with Gasteiger partial charge in [-0.2, -0.15) is 0 Å². The molecule has 0 aliphatic heterocycles. The number of nitrogens with zero attached hydrogens (tertiary/aromatic N) is 1. The Morgan fingerprint density at radius 2 is 1.55 bits per heavy atom. The lowest BCUT2D eigenvalue weighted by Gasteiger charge is -2.24. The molecular formula is C26H32N8O8. The average Bonchev–Trinajstić information content (AvgIpc) is 3.59. The molecular weight excluding hydrogens is 552 g/mol. The lowest BCUT2D eigenvalue weighted by atomic mass is 10.0. The van der Waals surface area contributed by atoms with Crippen molar-refractivity contribution < 1.29 is 39.0 Å². The van der Waals surface area contributed by atoms with Gasteiger partial charge in [-0.1, -0.05) is 18.2 Å². The van der Waals surface area contributed by atoms with E-state index in [1.807, 2.05) is 24.3 Å². The molecule has 2 aromatic heterocycles. The van der Waals surface area contributed by atoms with Crippen molar-refractivity contribution in [2.75, 3.05) is 0 Å². The van der Waals surface area contributed by atoms with Crippen molar-refractivity contribution in [3.63, 3.8) is 0 Å². The fourth-order valence-corrected chi connectivity index (χ4v) is 4.21. The second-order valence-electron chi connectivity index (χ2n) is 9.58. The van der Waals surface area contributed by atoms with Crippen LogP contribution in [0, 0.1) is 0 Å². The fourth-order valence-electron chi connectivity index (χ4n) is 4.21. The van der Waals surface area contributed by atoms with Crippen LogP contribution in [0.25, 0.3) is 10.9 Å². The van der Waals surface area contributed by atoms with E-state index < -0.39 is 79.0 Å². The molecule has 0 aliphatic carbocycles. The van der Waals surface area contributed by atoms with Gasteiger partial charge < -0.3 is 47.6 Å². The number of nitrogens with one attached hydrogen (secondary N) is 5. The average molecular weight is 585 g/mol. The normalized spacial score (nSPS) is 13.8. The van der Waals surface area contributed by atoms with Crippen LogP contribution in [0.4, 0.5) is 0 Å². The quantitative estimate of drug-likeness (QED) is 0.0918. The number of carbonyl (C=O) groups excluding carboxylic acids is 4. The topological polar surface area (TPSA) is 275 Å². The maximum absolute atomic E-state index is 13.2. The van der Waals surface area contributed by atoms with E-state index in [1.54, 1.807) is 6.20 Å². The van der Waals surface area contributed by atoms with Crippen molar-refractivity contribution in [3.8, 4) is 0 Å². The molecule has 0 fully saturated rings. The standard InChI is InChI=1S/C26H32N8O8/c27-16(7-13-10-30-17-4-2-1-3-15(13)17)23(38)33-20(9-21(28)35)25(40)34-19(8-14-11-29-12-31-14)24(39)32-18(26(41)42)5-6-22(36)37/h1-4,10-12,16,18-20,30H,5-9,27H2,(H2,28,35)(H,29,31)(H,32,39)(H,33,38)(H,34,40)(H,36,37)(H,41,42). The third kappa shape index (κ3) is 8.88. The summed E-state index contributed by atoms with van der Waals surface area (Å²) < 4.78 is 0. The van der Waals surface area contributed by atoms with Gasteiger partial charge in [-0.3, -0.25) is 24.0 Å². The number of rotatable bonds is 16. The van der Waals surface area contributed by atoms with E-state index >= 15 is 0 Å². The van der Waals surface area contributed by atoms with Crippen LogP contribution in [0.3, 0.4) is 0 Å². The summed E-state index contributed by atoms with van der Waals surface area (Å²) in [5.74, 6) is -6.31. The molecule has 0 spiro atoms. The lowest BCUT2D eigenvalue weighted by Crippen LogP contribution is -2.58. The van der Waals surface area contributed by atoms with Gasteiger partial charge in [-0.25, -0.2) is 9.78 Å². The maximum Gasteiger partial charge on any atom is 0.326 e. The molecule has 11 N–H and O–H groups in total. The highest BCUT2D eigenvalue weighted by molar-refractivity contribution is 5.96. The first-order valence-corrected chi connectivity index (χ1v) is 12.9. The Morgan fingerprint density at radius 3 is 2.19 bits per heavy atom. The number of amides is 4. The molecule has 16 heteroatoms. The van der Waals surface area contributed by atoms with Crippen LogP contribution in [-0.2, 0) is 41.6 Å². The lowest BCUT2D eigenvalue weighted by molar-refractivity contribution is -0.143. The highest BCUT2D eigenvalue weighted by Gasteiger charge is 2.32. The Balaban J connectivity index is 1.73. The van der Waals surface area contributed by atoms with Crippen molar-refractivity contribution in [2.24, 2.45) is 11.5 Å². The van der Waals surface area contributed by atoms with Gasteiger partial charge in [0.05, 0.1) is 18.8 Å². The van der Waals surface area contributed by atoms with Gasteiger partial charge in [0.1, 0.15) is 18.1 Å². The summed E-state index contributed by atoms with van der Waals surface area (Å²) in [6.45, 7) is 0. The largest absolute Gasteiger partial charge is 0.481 e. The third-order valence-corrected chi connectivity index (χ3v) is 6.36. The van der Waals surface area contributed by atoms with Crippen LogP contribution < -0.4 is 27.4 Å². The van der Waals surface area contributed by atoms with Gasteiger partial charge >= 0.3 is 11.9 Å². The minimum atomic E-state index is -1.56. The van der Waals surface area contributed by atoms with Crippen LogP contribution in [0.1, 0.15) is 30.5 Å². The monoisotopic (exact) mass is 584 g/mol. The minimum Gasteiger partial charge on any atom is -0.481 e. The summed E-state index contributed by atoms with van der Waals surface area (Å²) in [6.07, 6.45) is 2.79. The van der Waals surface area contributed by atoms with E-state index in [0.717, 1.165) is 16.5 Å². The molecule has 224 valence electrons. The Kier molecular flexibility index (Phi) is 10.7. The Labute approximate surface area is 238 Å². The van der Waals surface area contributed by atoms with Crippen LogP contribution >= 0.6 is 0 Å². The minimum absolute atomic E-state index is 0.110. The zero-order chi connectivity index (χ0) is 30.8. The first kappa shape index (κ1) is 31.3. The number of fused-ring (bicyclic) bond motifs is 1. The molecule has 4 atom stereocenters. The maximum atomic E-state index is 13.2. The van der Waals surface area contributed by atoms with Crippen LogP contribution in [0.15, 0.2) is 43.0 Å². The Morgan fingerprint density at radius 1 is 0.881 bits per heavy atom. The summed E-state index contributed by atoms with van der Waals surface area (Å²) in [7, 11) is 0. The number of benzene rings is 1. The highest BCUT2D eigenvalue weighted by Crippen LogP contribution is 2.18. The summed E-state index contributed by atoms with van der Waals surface area (Å²) in [5, 5.41) is 26.2. The predicted octanol–water partition coefficient (Wildman–Crippen LogP) is -1.72. The van der Waals surface area contributed by atoms with Crippen molar-refractivity contribution in [1.29, 1.82) is 0 Å². The van der Waals surface area contributed by atoms with E-state index in [4.69, 9.17) is 16.6 Å². The first-order valence-electron chi connectivity index (χ1n) is 12.9. The summed E-state index contributed by atoms with van der Waals surface area (Å²) in [5.41, 5.74) is 13.4. The smallest absolute Gasteiger partial charge is 0.326 e. The first-order chi connectivity index (χ1) is 19.9. The number of imidazole rings is 1. The highest BCUT2D eigenvalue weighted by atomic mass is 16.4. The summed E-state index contributed by atoms with van der Waals surface area (Å²) >= 11 is 0. The van der Waals surface area contributed by atoms with Gasteiger partial charge in [0.15, 0.2) is 0 Å². The molecule has 0 saturated heterocycles. The predicted molar refractivity (Wildman–Crippen MR) is 146 cm³/mol. The molecule has 42 heavy (non-hydrogen) atoms. The molecule has 0 bridgehead atoms. The molecule has 3 rings (SSSR count). The van der Waals surface area contributed by atoms with Crippen molar-refractivity contribution in [3.05, 3.63) is 54.2 Å². The van der Waals surface area contributed by atoms with Crippen molar-refractivity contribution in [2.45, 2.75) is 56.3 Å². The second kappa shape index (κ2) is 14.4.